The van der Waals surface area contributed by atoms with Crippen molar-refractivity contribution in [3.63, 3.8) is 0 Å². The maximum absolute atomic E-state index is 13.5. The third-order valence-corrected chi connectivity index (χ3v) is 9.30. The number of amides is 1. The molecule has 2 atom stereocenters. The molecule has 2 aliphatic rings. The van der Waals surface area contributed by atoms with Crippen molar-refractivity contribution in [3.05, 3.63) is 41.3 Å². The van der Waals surface area contributed by atoms with Gasteiger partial charge in [0.2, 0.25) is 15.9 Å². The van der Waals surface area contributed by atoms with Gasteiger partial charge in [0.15, 0.2) is 10.7 Å². The van der Waals surface area contributed by atoms with Crippen molar-refractivity contribution in [2.45, 2.75) is 63.3 Å². The summed E-state index contributed by atoms with van der Waals surface area (Å²) in [5, 5.41) is 7.14. The van der Waals surface area contributed by atoms with E-state index in [9.17, 15) is 13.2 Å². The first kappa shape index (κ1) is 25.4. The lowest BCUT2D eigenvalue weighted by molar-refractivity contribution is -0.127. The lowest BCUT2D eigenvalue weighted by Gasteiger charge is -2.34. The number of ether oxygens (including phenoxy) is 1. The largest absolute Gasteiger partial charge is 0.497 e. The fraction of sp³-hybridized carbons (Fsp3) is 0.538. The second kappa shape index (κ2) is 11.0. The zero-order valence-electron chi connectivity index (χ0n) is 20.7. The average molecular weight is 502 g/mol. The Kier molecular flexibility index (Phi) is 7.96. The van der Waals surface area contributed by atoms with Gasteiger partial charge in [-0.15, -0.1) is 0 Å². The Labute approximate surface area is 207 Å². The van der Waals surface area contributed by atoms with Crippen LogP contribution in [0.1, 0.15) is 62.5 Å². The van der Waals surface area contributed by atoms with Gasteiger partial charge in [0.25, 0.3) is 0 Å². The quantitative estimate of drug-likeness (QED) is 0.608. The Morgan fingerprint density at radius 3 is 2.46 bits per heavy atom. The van der Waals surface area contributed by atoms with Crippen molar-refractivity contribution < 1.29 is 22.5 Å². The highest BCUT2D eigenvalue weighted by Crippen LogP contribution is 2.30. The van der Waals surface area contributed by atoms with Crippen LogP contribution in [-0.4, -0.2) is 50.0 Å². The Balaban J connectivity index is 1.41. The maximum atomic E-state index is 13.5. The third-order valence-electron chi connectivity index (χ3n) is 7.24. The number of nitrogens with zero attached hydrogens (tertiary/aromatic N) is 2. The van der Waals surface area contributed by atoms with Crippen molar-refractivity contribution in [3.8, 4) is 5.75 Å². The highest BCUT2D eigenvalue weighted by atomic mass is 32.2. The van der Waals surface area contributed by atoms with E-state index in [1.54, 1.807) is 26.2 Å². The molecule has 8 nitrogen and oxygen atoms in total. The second-order valence-corrected chi connectivity index (χ2v) is 11.5. The summed E-state index contributed by atoms with van der Waals surface area (Å²) in [6.07, 6.45) is 8.97. The average Bonchev–Trinajstić information content (AvgIpc) is 3.25. The molecule has 1 aliphatic carbocycles. The molecule has 2 aromatic rings. The molecule has 2 heterocycles. The first-order chi connectivity index (χ1) is 16.8. The van der Waals surface area contributed by atoms with Gasteiger partial charge in [-0.25, -0.2) is 8.42 Å². The Hall–Kier alpha value is -2.65. The minimum atomic E-state index is -3.81. The Morgan fingerprint density at radius 2 is 1.80 bits per heavy atom. The van der Waals surface area contributed by atoms with Crippen LogP contribution in [0.15, 0.2) is 33.7 Å². The predicted octanol–water partition coefficient (Wildman–Crippen LogP) is 4.26. The van der Waals surface area contributed by atoms with Crippen LogP contribution in [-0.2, 0) is 14.8 Å². The van der Waals surface area contributed by atoms with E-state index in [-0.39, 0.29) is 28.5 Å². The monoisotopic (exact) mass is 501 g/mol. The summed E-state index contributed by atoms with van der Waals surface area (Å²) in [7, 11) is -2.20. The number of rotatable bonds is 7. The van der Waals surface area contributed by atoms with Crippen LogP contribution in [0.25, 0.3) is 12.2 Å². The first-order valence-electron chi connectivity index (χ1n) is 12.4. The maximum Gasteiger partial charge on any atom is 0.248 e. The molecule has 0 bridgehead atoms. The number of sulfonamides is 1. The fourth-order valence-corrected chi connectivity index (χ4v) is 6.72. The minimum absolute atomic E-state index is 0.0603. The van der Waals surface area contributed by atoms with E-state index >= 15 is 0 Å². The second-order valence-electron chi connectivity index (χ2n) is 9.62. The molecular formula is C26H35N3O5S. The summed E-state index contributed by atoms with van der Waals surface area (Å²) < 4.78 is 39.0. The van der Waals surface area contributed by atoms with Gasteiger partial charge in [-0.05, 0) is 62.3 Å². The van der Waals surface area contributed by atoms with Crippen LogP contribution in [0.5, 0.6) is 5.75 Å². The number of benzene rings is 1. The highest BCUT2D eigenvalue weighted by molar-refractivity contribution is 7.89. The molecule has 2 unspecified atom stereocenters. The fourth-order valence-electron chi connectivity index (χ4n) is 5.00. The SMILES string of the molecule is COc1ccc(C=Cc2onc(C)c2S(=O)(=O)N2CCC(C(=O)NC3CCCCC3C)CC2)cc1. The van der Waals surface area contributed by atoms with Crippen LogP contribution < -0.4 is 10.1 Å². The van der Waals surface area contributed by atoms with Gasteiger partial charge < -0.3 is 14.6 Å². The van der Waals surface area contributed by atoms with Gasteiger partial charge in [0.1, 0.15) is 11.4 Å². The molecule has 1 aromatic carbocycles. The topological polar surface area (TPSA) is 102 Å². The molecule has 1 saturated heterocycles. The Bertz CT molecular complexity index is 1150. The highest BCUT2D eigenvalue weighted by Gasteiger charge is 2.36. The number of carbonyl (C=O) groups excluding carboxylic acids is 1. The number of carbonyl (C=O) groups is 1. The van der Waals surface area contributed by atoms with E-state index in [0.29, 0.717) is 37.5 Å². The summed E-state index contributed by atoms with van der Waals surface area (Å²) in [5.41, 5.74) is 1.20. The van der Waals surface area contributed by atoms with Gasteiger partial charge in [0, 0.05) is 25.0 Å². The lowest BCUT2D eigenvalue weighted by Crippen LogP contribution is -2.47. The van der Waals surface area contributed by atoms with E-state index in [1.807, 2.05) is 24.3 Å². The number of hydrogen-bond donors (Lipinski definition) is 1. The minimum Gasteiger partial charge on any atom is -0.497 e. The van der Waals surface area contributed by atoms with Crippen LogP contribution in [0.3, 0.4) is 0 Å². The molecule has 2 fully saturated rings. The molecule has 4 rings (SSSR count). The molecule has 0 spiro atoms. The van der Waals surface area contributed by atoms with Crippen LogP contribution >= 0.6 is 0 Å². The Morgan fingerprint density at radius 1 is 1.11 bits per heavy atom. The number of nitrogens with one attached hydrogen (secondary N) is 1. The van der Waals surface area contributed by atoms with E-state index in [4.69, 9.17) is 9.26 Å². The molecule has 35 heavy (non-hydrogen) atoms. The summed E-state index contributed by atoms with van der Waals surface area (Å²) in [5.74, 6) is 1.34. The predicted molar refractivity (Wildman–Crippen MR) is 134 cm³/mol. The van der Waals surface area contributed by atoms with Crippen molar-refractivity contribution in [2.75, 3.05) is 20.2 Å². The van der Waals surface area contributed by atoms with Crippen molar-refractivity contribution in [2.24, 2.45) is 11.8 Å². The van der Waals surface area contributed by atoms with Gasteiger partial charge in [0.05, 0.1) is 7.11 Å². The van der Waals surface area contributed by atoms with Gasteiger partial charge in [-0.3, -0.25) is 4.79 Å². The smallest absolute Gasteiger partial charge is 0.248 e. The molecule has 1 aliphatic heterocycles. The molecule has 0 radical (unpaired) electrons. The summed E-state index contributed by atoms with van der Waals surface area (Å²) in [6.45, 7) is 4.42. The van der Waals surface area contributed by atoms with Crippen molar-refractivity contribution in [1.82, 2.24) is 14.8 Å². The van der Waals surface area contributed by atoms with E-state index < -0.39 is 10.0 Å². The molecule has 1 aromatic heterocycles. The van der Waals surface area contributed by atoms with Crippen molar-refractivity contribution in [1.29, 1.82) is 0 Å². The third kappa shape index (κ3) is 5.78. The lowest BCUT2D eigenvalue weighted by atomic mass is 9.85. The molecule has 190 valence electrons. The summed E-state index contributed by atoms with van der Waals surface area (Å²) in [4.78, 5) is 12.9. The zero-order valence-corrected chi connectivity index (χ0v) is 21.5. The van der Waals surface area contributed by atoms with E-state index in [0.717, 1.165) is 30.6 Å². The number of aryl methyl sites for hydroxylation is 1. The molecular weight excluding hydrogens is 466 g/mol. The normalized spacial score (nSPS) is 22.4. The number of aromatic nitrogens is 1. The van der Waals surface area contributed by atoms with Gasteiger partial charge >= 0.3 is 0 Å². The van der Waals surface area contributed by atoms with E-state index in [1.165, 1.54) is 10.7 Å². The number of methoxy groups -OCH3 is 1. The zero-order chi connectivity index (χ0) is 25.0. The molecule has 1 N–H and O–H groups in total. The van der Waals surface area contributed by atoms with Gasteiger partial charge in [-0.2, -0.15) is 4.31 Å². The first-order valence-corrected chi connectivity index (χ1v) is 13.8. The van der Waals surface area contributed by atoms with Crippen LogP contribution in [0.2, 0.25) is 0 Å². The van der Waals surface area contributed by atoms with Gasteiger partial charge in [-0.1, -0.05) is 43.1 Å². The number of piperidine rings is 1. The standard InChI is InChI=1S/C26H35N3O5S/c1-18-6-4-5-7-23(18)27-26(30)21-14-16-29(17-15-21)35(31,32)25-19(2)28-34-24(25)13-10-20-8-11-22(33-3)12-9-20/h8-13,18,21,23H,4-7,14-17H2,1-3H3,(H,27,30). The van der Waals surface area contributed by atoms with Crippen LogP contribution in [0, 0.1) is 18.8 Å². The molecule has 1 amide bonds. The number of hydrogen-bond acceptors (Lipinski definition) is 6. The van der Waals surface area contributed by atoms with Crippen molar-refractivity contribution >= 4 is 28.1 Å². The summed E-state index contributed by atoms with van der Waals surface area (Å²) in [6, 6.07) is 7.64. The summed E-state index contributed by atoms with van der Waals surface area (Å²) >= 11 is 0. The molecule has 9 heteroatoms. The molecule has 1 saturated carbocycles. The van der Waals surface area contributed by atoms with Crippen LogP contribution in [0.4, 0.5) is 0 Å². The van der Waals surface area contributed by atoms with E-state index in [2.05, 4.69) is 17.4 Å².